The van der Waals surface area contributed by atoms with Gasteiger partial charge in [0.05, 0.1) is 10.0 Å². The summed E-state index contributed by atoms with van der Waals surface area (Å²) >= 11 is 12.3. The van der Waals surface area contributed by atoms with Gasteiger partial charge in [0.15, 0.2) is 0 Å². The van der Waals surface area contributed by atoms with Gasteiger partial charge in [0.25, 0.3) is 0 Å². The van der Waals surface area contributed by atoms with Crippen LogP contribution in [0.25, 0.3) is 0 Å². The zero-order valence-corrected chi connectivity index (χ0v) is 14.9. The summed E-state index contributed by atoms with van der Waals surface area (Å²) in [6.07, 6.45) is 2.16. The molecule has 2 N–H and O–H groups in total. The monoisotopic (exact) mass is 332 g/mol. The lowest BCUT2D eigenvalue weighted by molar-refractivity contribution is 0.261. The fourth-order valence-electron chi connectivity index (χ4n) is 1.84. The summed E-state index contributed by atoms with van der Waals surface area (Å²) in [4.78, 5) is 6.78. The number of hydrogen-bond acceptors (Lipinski definition) is 4. The van der Waals surface area contributed by atoms with Gasteiger partial charge in [-0.25, -0.2) is 4.98 Å². The third kappa shape index (κ3) is 5.89. The van der Waals surface area contributed by atoms with Gasteiger partial charge in [0.2, 0.25) is 0 Å². The van der Waals surface area contributed by atoms with Crippen molar-refractivity contribution in [3.63, 3.8) is 0 Å². The summed E-state index contributed by atoms with van der Waals surface area (Å²) in [6.45, 7) is 9.08. The number of hydrogen-bond donors (Lipinski definition) is 2. The Labute approximate surface area is 138 Å². The molecule has 1 atom stereocenters. The van der Waals surface area contributed by atoms with Crippen LogP contribution in [0.4, 0.5) is 11.6 Å². The van der Waals surface area contributed by atoms with Gasteiger partial charge in [-0.05, 0) is 32.9 Å². The van der Waals surface area contributed by atoms with E-state index in [-0.39, 0.29) is 0 Å². The first kappa shape index (κ1) is 18.3. The summed E-state index contributed by atoms with van der Waals surface area (Å²) in [5.41, 5.74) is 0. The normalized spacial score (nSPS) is 12.5. The molecule has 0 aliphatic carbocycles. The number of nitrogens with one attached hydrogen (secondary N) is 2. The molecule has 0 aromatic carbocycles. The van der Waals surface area contributed by atoms with Crippen LogP contribution >= 0.6 is 23.2 Å². The lowest BCUT2D eigenvalue weighted by Crippen LogP contribution is -2.32. The van der Waals surface area contributed by atoms with Gasteiger partial charge in [0.1, 0.15) is 11.6 Å². The van der Waals surface area contributed by atoms with E-state index in [4.69, 9.17) is 23.2 Å². The van der Waals surface area contributed by atoms with Gasteiger partial charge in [-0.15, -0.1) is 0 Å². The molecule has 0 spiro atoms. The molecule has 0 aliphatic heterocycles. The number of aromatic nitrogens is 1. The SMILES string of the molecule is CCCNc1nc(NCCN(C)C(C)CC)c(Cl)cc1Cl. The predicted molar refractivity (Wildman–Crippen MR) is 93.9 cm³/mol. The number of rotatable bonds is 9. The number of likely N-dealkylation sites (N-methyl/N-ethyl adjacent to an activating group) is 1. The molecular formula is C15H26Cl2N4. The van der Waals surface area contributed by atoms with Crippen LogP contribution in [0.3, 0.4) is 0 Å². The van der Waals surface area contributed by atoms with Crippen LogP contribution in [0, 0.1) is 0 Å². The van der Waals surface area contributed by atoms with Crippen molar-refractivity contribution >= 4 is 34.8 Å². The fourth-order valence-corrected chi connectivity index (χ4v) is 2.33. The first-order valence-electron chi connectivity index (χ1n) is 7.53. The predicted octanol–water partition coefficient (Wildman–Crippen LogP) is 4.35. The first-order valence-corrected chi connectivity index (χ1v) is 8.29. The second-order valence-electron chi connectivity index (χ2n) is 5.24. The zero-order chi connectivity index (χ0) is 15.8. The Morgan fingerprint density at radius 2 is 1.71 bits per heavy atom. The van der Waals surface area contributed by atoms with Crippen molar-refractivity contribution < 1.29 is 0 Å². The molecule has 0 bridgehead atoms. The molecule has 1 rings (SSSR count). The molecule has 0 fully saturated rings. The molecule has 0 saturated heterocycles. The summed E-state index contributed by atoms with van der Waals surface area (Å²) in [5.74, 6) is 1.36. The number of nitrogens with zero attached hydrogens (tertiary/aromatic N) is 2. The zero-order valence-electron chi connectivity index (χ0n) is 13.3. The number of pyridine rings is 1. The van der Waals surface area contributed by atoms with Crippen molar-refractivity contribution in [2.45, 2.75) is 39.7 Å². The van der Waals surface area contributed by atoms with E-state index >= 15 is 0 Å². The lowest BCUT2D eigenvalue weighted by Gasteiger charge is -2.23. The van der Waals surface area contributed by atoms with Crippen LogP contribution in [0.5, 0.6) is 0 Å². The molecule has 6 heteroatoms. The maximum atomic E-state index is 6.19. The van der Waals surface area contributed by atoms with Crippen molar-refractivity contribution in [3.8, 4) is 0 Å². The second-order valence-corrected chi connectivity index (χ2v) is 6.06. The van der Waals surface area contributed by atoms with E-state index in [9.17, 15) is 0 Å². The third-order valence-electron chi connectivity index (χ3n) is 3.57. The molecular weight excluding hydrogens is 307 g/mol. The standard InChI is InChI=1S/C15H26Cl2N4/c1-5-7-18-14-12(16)10-13(17)15(20-14)19-8-9-21(4)11(3)6-2/h10-11H,5-9H2,1-4H3,(H2,18,19,20). The van der Waals surface area contributed by atoms with Crippen molar-refractivity contribution in [2.75, 3.05) is 37.3 Å². The number of halogens is 2. The number of anilines is 2. The first-order chi connectivity index (χ1) is 9.99. The maximum absolute atomic E-state index is 6.19. The van der Waals surface area contributed by atoms with Crippen molar-refractivity contribution in [1.82, 2.24) is 9.88 Å². The molecule has 1 aromatic rings. The summed E-state index contributed by atoms with van der Waals surface area (Å²) in [7, 11) is 2.13. The summed E-state index contributed by atoms with van der Waals surface area (Å²) < 4.78 is 0. The highest BCUT2D eigenvalue weighted by Crippen LogP contribution is 2.29. The van der Waals surface area contributed by atoms with E-state index in [2.05, 4.69) is 48.3 Å². The largest absolute Gasteiger partial charge is 0.369 e. The molecule has 0 radical (unpaired) electrons. The van der Waals surface area contributed by atoms with Crippen LogP contribution in [-0.4, -0.2) is 42.6 Å². The van der Waals surface area contributed by atoms with E-state index in [0.717, 1.165) is 32.5 Å². The van der Waals surface area contributed by atoms with Crippen molar-refractivity contribution in [3.05, 3.63) is 16.1 Å². The summed E-state index contributed by atoms with van der Waals surface area (Å²) in [5, 5.41) is 7.59. The molecule has 1 heterocycles. The van der Waals surface area contributed by atoms with E-state index < -0.39 is 0 Å². The Morgan fingerprint density at radius 1 is 1.14 bits per heavy atom. The van der Waals surface area contributed by atoms with E-state index in [0.29, 0.717) is 27.7 Å². The Hall–Kier alpha value is -0.710. The molecule has 1 unspecified atom stereocenters. The molecule has 4 nitrogen and oxygen atoms in total. The highest BCUT2D eigenvalue weighted by Gasteiger charge is 2.10. The highest BCUT2D eigenvalue weighted by molar-refractivity contribution is 6.37. The Balaban J connectivity index is 2.61. The van der Waals surface area contributed by atoms with Crippen LogP contribution in [0.15, 0.2) is 6.07 Å². The second kappa shape index (κ2) is 9.34. The minimum Gasteiger partial charge on any atom is -0.369 e. The smallest absolute Gasteiger partial charge is 0.147 e. The molecule has 0 amide bonds. The minimum atomic E-state index is 0.549. The summed E-state index contributed by atoms with van der Waals surface area (Å²) in [6, 6.07) is 2.30. The Morgan fingerprint density at radius 3 is 2.24 bits per heavy atom. The average molecular weight is 333 g/mol. The molecule has 1 aromatic heterocycles. The van der Waals surface area contributed by atoms with E-state index in [1.807, 2.05) is 0 Å². The van der Waals surface area contributed by atoms with E-state index in [1.165, 1.54) is 0 Å². The molecule has 0 saturated carbocycles. The van der Waals surface area contributed by atoms with Crippen LogP contribution in [0.2, 0.25) is 10.0 Å². The fraction of sp³-hybridized carbons (Fsp3) is 0.667. The molecule has 0 aliphatic rings. The van der Waals surface area contributed by atoms with Crippen LogP contribution in [-0.2, 0) is 0 Å². The lowest BCUT2D eigenvalue weighted by atomic mass is 10.2. The van der Waals surface area contributed by atoms with Crippen LogP contribution < -0.4 is 10.6 Å². The average Bonchev–Trinajstić information content (AvgIpc) is 2.47. The topological polar surface area (TPSA) is 40.2 Å². The highest BCUT2D eigenvalue weighted by atomic mass is 35.5. The van der Waals surface area contributed by atoms with Crippen molar-refractivity contribution in [1.29, 1.82) is 0 Å². The van der Waals surface area contributed by atoms with Crippen LogP contribution in [0.1, 0.15) is 33.6 Å². The molecule has 120 valence electrons. The van der Waals surface area contributed by atoms with Gasteiger partial charge in [-0.2, -0.15) is 0 Å². The van der Waals surface area contributed by atoms with E-state index in [1.54, 1.807) is 6.07 Å². The minimum absolute atomic E-state index is 0.549. The van der Waals surface area contributed by atoms with Crippen molar-refractivity contribution in [2.24, 2.45) is 0 Å². The maximum Gasteiger partial charge on any atom is 0.147 e. The van der Waals surface area contributed by atoms with Gasteiger partial charge in [0, 0.05) is 25.7 Å². The quantitative estimate of drug-likeness (QED) is 0.705. The van der Waals surface area contributed by atoms with Gasteiger partial charge in [-0.1, -0.05) is 37.0 Å². The molecule has 21 heavy (non-hydrogen) atoms. The van der Waals surface area contributed by atoms with Gasteiger partial charge < -0.3 is 15.5 Å². The third-order valence-corrected chi connectivity index (χ3v) is 4.15. The Bertz CT molecular complexity index is 440. The Kier molecular flexibility index (Phi) is 8.15. The van der Waals surface area contributed by atoms with Gasteiger partial charge in [-0.3, -0.25) is 0 Å². The van der Waals surface area contributed by atoms with Gasteiger partial charge >= 0.3 is 0 Å².